The van der Waals surface area contributed by atoms with E-state index in [0.29, 0.717) is 0 Å². The van der Waals surface area contributed by atoms with Crippen molar-refractivity contribution < 1.29 is 4.74 Å². The van der Waals surface area contributed by atoms with Gasteiger partial charge in [-0.25, -0.2) is 0 Å². The van der Waals surface area contributed by atoms with Crippen LogP contribution in [0.1, 0.15) is 44.0 Å². The van der Waals surface area contributed by atoms with Crippen LogP contribution in [-0.4, -0.2) is 21.4 Å². The molecule has 0 aliphatic carbocycles. The molecule has 0 spiro atoms. The number of benzene rings is 1. The van der Waals surface area contributed by atoms with E-state index in [1.54, 1.807) is 6.33 Å². The summed E-state index contributed by atoms with van der Waals surface area (Å²) in [7, 11) is 0. The Bertz CT molecular complexity index is 577. The first-order valence-electron chi connectivity index (χ1n) is 7.53. The first-order valence-corrected chi connectivity index (χ1v) is 7.53. The van der Waals surface area contributed by atoms with Gasteiger partial charge in [-0.3, -0.25) is 4.57 Å². The molecule has 0 saturated carbocycles. The molecule has 106 valence electrons. The standard InChI is InChI=1S/C16H21N3O/c1-2-3-4-10-20-14-8-9-15-13(11-14)6-5-7-16-18-17-12-19(15)16/h8-9,11-12H,2-7,10H2,1H3. The van der Waals surface area contributed by atoms with Crippen LogP contribution in [0.25, 0.3) is 5.69 Å². The van der Waals surface area contributed by atoms with E-state index >= 15 is 0 Å². The van der Waals surface area contributed by atoms with Crippen molar-refractivity contribution in [2.75, 3.05) is 6.61 Å². The van der Waals surface area contributed by atoms with Gasteiger partial charge in [0.25, 0.3) is 0 Å². The zero-order valence-corrected chi connectivity index (χ0v) is 12.0. The van der Waals surface area contributed by atoms with Gasteiger partial charge in [0.15, 0.2) is 0 Å². The minimum absolute atomic E-state index is 0.810. The summed E-state index contributed by atoms with van der Waals surface area (Å²) in [6, 6.07) is 6.36. The molecule has 2 aromatic rings. The highest BCUT2D eigenvalue weighted by atomic mass is 16.5. The molecule has 0 amide bonds. The lowest BCUT2D eigenvalue weighted by molar-refractivity contribution is 0.306. The van der Waals surface area contributed by atoms with E-state index in [1.165, 1.54) is 24.1 Å². The lowest BCUT2D eigenvalue weighted by Gasteiger charge is -2.11. The van der Waals surface area contributed by atoms with Crippen molar-refractivity contribution in [3.8, 4) is 11.4 Å². The van der Waals surface area contributed by atoms with Gasteiger partial charge in [0.05, 0.1) is 12.3 Å². The second-order valence-corrected chi connectivity index (χ2v) is 5.32. The van der Waals surface area contributed by atoms with Crippen LogP contribution in [0.15, 0.2) is 24.5 Å². The molecule has 0 radical (unpaired) electrons. The number of rotatable bonds is 5. The second kappa shape index (κ2) is 6.07. The van der Waals surface area contributed by atoms with Crippen LogP contribution in [0.5, 0.6) is 5.75 Å². The van der Waals surface area contributed by atoms with E-state index < -0.39 is 0 Å². The fourth-order valence-corrected chi connectivity index (χ4v) is 2.70. The van der Waals surface area contributed by atoms with Crippen molar-refractivity contribution in [2.24, 2.45) is 0 Å². The molecule has 0 atom stereocenters. The Labute approximate surface area is 119 Å². The third-order valence-corrected chi connectivity index (χ3v) is 3.79. The maximum absolute atomic E-state index is 5.84. The van der Waals surface area contributed by atoms with Crippen molar-refractivity contribution in [1.82, 2.24) is 14.8 Å². The summed E-state index contributed by atoms with van der Waals surface area (Å²) in [5, 5.41) is 8.21. The van der Waals surface area contributed by atoms with Gasteiger partial charge in [0.2, 0.25) is 0 Å². The van der Waals surface area contributed by atoms with Crippen LogP contribution in [0.4, 0.5) is 0 Å². The molecule has 0 bridgehead atoms. The van der Waals surface area contributed by atoms with Crippen LogP contribution in [0, 0.1) is 0 Å². The van der Waals surface area contributed by atoms with Crippen LogP contribution < -0.4 is 4.74 Å². The smallest absolute Gasteiger partial charge is 0.137 e. The van der Waals surface area contributed by atoms with E-state index in [4.69, 9.17) is 4.74 Å². The molecule has 0 unspecified atom stereocenters. The molecule has 1 aromatic carbocycles. The average Bonchev–Trinajstić information content (AvgIpc) is 2.86. The number of ether oxygens (including phenoxy) is 1. The molecule has 1 aromatic heterocycles. The highest BCUT2D eigenvalue weighted by molar-refractivity contribution is 5.47. The Kier molecular flexibility index (Phi) is 4.00. The summed E-state index contributed by atoms with van der Waals surface area (Å²) >= 11 is 0. The highest BCUT2D eigenvalue weighted by Gasteiger charge is 2.15. The fourth-order valence-electron chi connectivity index (χ4n) is 2.70. The number of hydrogen-bond donors (Lipinski definition) is 0. The molecule has 20 heavy (non-hydrogen) atoms. The Morgan fingerprint density at radius 3 is 3.10 bits per heavy atom. The lowest BCUT2D eigenvalue weighted by atomic mass is 10.1. The second-order valence-electron chi connectivity index (χ2n) is 5.32. The van der Waals surface area contributed by atoms with Gasteiger partial charge in [-0.05, 0) is 43.0 Å². The third-order valence-electron chi connectivity index (χ3n) is 3.79. The fraction of sp³-hybridized carbons (Fsp3) is 0.500. The summed E-state index contributed by atoms with van der Waals surface area (Å²) in [6.07, 6.45) is 8.57. The Morgan fingerprint density at radius 1 is 1.25 bits per heavy atom. The summed E-state index contributed by atoms with van der Waals surface area (Å²) in [4.78, 5) is 0. The number of nitrogens with zero attached hydrogens (tertiary/aromatic N) is 3. The monoisotopic (exact) mass is 271 g/mol. The largest absolute Gasteiger partial charge is 0.494 e. The summed E-state index contributed by atoms with van der Waals surface area (Å²) < 4.78 is 7.94. The normalized spacial score (nSPS) is 13.4. The molecule has 1 aliphatic rings. The van der Waals surface area contributed by atoms with Crippen molar-refractivity contribution in [1.29, 1.82) is 0 Å². The van der Waals surface area contributed by atoms with Crippen LogP contribution in [0.2, 0.25) is 0 Å². The molecule has 1 aliphatic heterocycles. The van der Waals surface area contributed by atoms with Gasteiger partial charge in [-0.2, -0.15) is 0 Å². The molecule has 3 rings (SSSR count). The summed E-state index contributed by atoms with van der Waals surface area (Å²) in [6.45, 7) is 3.02. The predicted octanol–water partition coefficient (Wildman–Crippen LogP) is 3.33. The van der Waals surface area contributed by atoms with E-state index in [2.05, 4.69) is 39.9 Å². The number of aromatic nitrogens is 3. The molecule has 0 saturated heterocycles. The maximum Gasteiger partial charge on any atom is 0.137 e. The topological polar surface area (TPSA) is 39.9 Å². The summed E-state index contributed by atoms with van der Waals surface area (Å²) in [5.74, 6) is 2.04. The number of unbranched alkanes of at least 4 members (excludes halogenated alkanes) is 2. The maximum atomic E-state index is 5.84. The van der Waals surface area contributed by atoms with Crippen molar-refractivity contribution in [2.45, 2.75) is 45.4 Å². The van der Waals surface area contributed by atoms with Crippen LogP contribution >= 0.6 is 0 Å². The van der Waals surface area contributed by atoms with Crippen molar-refractivity contribution >= 4 is 0 Å². The van der Waals surface area contributed by atoms with E-state index in [0.717, 1.165) is 43.9 Å². The third kappa shape index (κ3) is 2.69. The SMILES string of the molecule is CCCCCOc1ccc2c(c1)CCCc1nncn1-2. The van der Waals surface area contributed by atoms with Gasteiger partial charge in [-0.15, -0.1) is 10.2 Å². The van der Waals surface area contributed by atoms with Gasteiger partial charge in [-0.1, -0.05) is 19.8 Å². The zero-order chi connectivity index (χ0) is 13.8. The average molecular weight is 271 g/mol. The van der Waals surface area contributed by atoms with Crippen molar-refractivity contribution in [3.63, 3.8) is 0 Å². The van der Waals surface area contributed by atoms with Gasteiger partial charge in [0, 0.05) is 6.42 Å². The minimum Gasteiger partial charge on any atom is -0.494 e. The van der Waals surface area contributed by atoms with Gasteiger partial charge < -0.3 is 4.74 Å². The first kappa shape index (κ1) is 13.2. The molecule has 0 fully saturated rings. The van der Waals surface area contributed by atoms with Crippen LogP contribution in [-0.2, 0) is 12.8 Å². The number of hydrogen-bond acceptors (Lipinski definition) is 3. The minimum atomic E-state index is 0.810. The van der Waals surface area contributed by atoms with E-state index in [-0.39, 0.29) is 0 Å². The highest BCUT2D eigenvalue weighted by Crippen LogP contribution is 2.26. The molecule has 4 nitrogen and oxygen atoms in total. The quantitative estimate of drug-likeness (QED) is 0.783. The Balaban J connectivity index is 1.78. The van der Waals surface area contributed by atoms with E-state index in [9.17, 15) is 0 Å². The zero-order valence-electron chi connectivity index (χ0n) is 12.0. The molecular weight excluding hydrogens is 250 g/mol. The van der Waals surface area contributed by atoms with Crippen molar-refractivity contribution in [3.05, 3.63) is 35.9 Å². The van der Waals surface area contributed by atoms with Gasteiger partial charge in [0.1, 0.15) is 17.9 Å². The number of fused-ring (bicyclic) bond motifs is 3. The van der Waals surface area contributed by atoms with E-state index in [1.807, 2.05) is 0 Å². The predicted molar refractivity (Wildman–Crippen MR) is 78.4 cm³/mol. The Morgan fingerprint density at radius 2 is 2.20 bits per heavy atom. The lowest BCUT2D eigenvalue weighted by Crippen LogP contribution is -2.01. The number of aryl methyl sites for hydroxylation is 2. The molecule has 0 N–H and O–H groups in total. The first-order chi connectivity index (χ1) is 9.88. The molecular formula is C16H21N3O. The molecule has 4 heteroatoms. The Hall–Kier alpha value is -1.84. The summed E-state index contributed by atoms with van der Waals surface area (Å²) in [5.41, 5.74) is 2.53. The van der Waals surface area contributed by atoms with Crippen LogP contribution in [0.3, 0.4) is 0 Å². The molecule has 2 heterocycles. The van der Waals surface area contributed by atoms with Gasteiger partial charge >= 0.3 is 0 Å².